The third-order valence-corrected chi connectivity index (χ3v) is 3.38. The fourth-order valence-electron chi connectivity index (χ4n) is 1.28. The molecule has 0 amide bonds. The highest BCUT2D eigenvalue weighted by atomic mass is 32.2. The fourth-order valence-corrected chi connectivity index (χ4v) is 2.28. The lowest BCUT2D eigenvalue weighted by atomic mass is 10.2. The summed E-state index contributed by atoms with van der Waals surface area (Å²) in [6, 6.07) is 0. The molecular weight excluding hydrogens is 246 g/mol. The molecule has 6 nitrogen and oxygen atoms in total. The molecule has 17 heavy (non-hydrogen) atoms. The zero-order chi connectivity index (χ0) is 13.5. The minimum absolute atomic E-state index is 0.0276. The van der Waals surface area contributed by atoms with Gasteiger partial charge in [0, 0.05) is 6.54 Å². The number of hydrogen-bond acceptors (Lipinski definition) is 5. The van der Waals surface area contributed by atoms with Crippen LogP contribution in [0.2, 0.25) is 0 Å². The Morgan fingerprint density at radius 2 is 2.06 bits per heavy atom. The summed E-state index contributed by atoms with van der Waals surface area (Å²) in [4.78, 5) is 0. The molecule has 2 atom stereocenters. The van der Waals surface area contributed by atoms with Crippen molar-refractivity contribution in [1.82, 2.24) is 5.32 Å². The predicted octanol–water partition coefficient (Wildman–Crippen LogP) is 0.00940. The molecule has 0 aromatic heterocycles. The van der Waals surface area contributed by atoms with E-state index in [1.165, 1.54) is 0 Å². The summed E-state index contributed by atoms with van der Waals surface area (Å²) in [6.45, 7) is 7.20. The van der Waals surface area contributed by atoms with Crippen molar-refractivity contribution >= 4 is 10.1 Å². The lowest BCUT2D eigenvalue weighted by molar-refractivity contribution is 0.0484. The molecule has 0 aromatic carbocycles. The number of aliphatic hydroxyl groups is 1. The first-order valence-corrected chi connectivity index (χ1v) is 6.85. The Morgan fingerprint density at radius 3 is 2.47 bits per heavy atom. The molecule has 102 valence electrons. The average Bonchev–Trinajstić information content (AvgIpc) is 2.15. The summed E-state index contributed by atoms with van der Waals surface area (Å²) in [5, 5.41) is 11.0. The Bertz CT molecular complexity index is 315. The van der Waals surface area contributed by atoms with Crippen LogP contribution in [-0.2, 0) is 14.9 Å². The zero-order valence-corrected chi connectivity index (χ0v) is 11.0. The average molecular weight is 267 g/mol. The van der Waals surface area contributed by atoms with Gasteiger partial charge in [-0.05, 0) is 5.92 Å². The summed E-state index contributed by atoms with van der Waals surface area (Å²) in [5.74, 6) is -0.300. The van der Waals surface area contributed by atoms with E-state index in [0.29, 0.717) is 6.61 Å². The van der Waals surface area contributed by atoms with Crippen LogP contribution in [0.4, 0.5) is 0 Å². The number of aliphatic hydroxyl groups excluding tert-OH is 1. The van der Waals surface area contributed by atoms with Gasteiger partial charge in [0.1, 0.15) is 5.37 Å². The number of rotatable bonds is 9. The molecule has 7 heteroatoms. The molecule has 2 unspecified atom stereocenters. The maximum Gasteiger partial charge on any atom is 0.281 e. The molecule has 0 aliphatic heterocycles. The highest BCUT2D eigenvalue weighted by Gasteiger charge is 2.26. The summed E-state index contributed by atoms with van der Waals surface area (Å²) in [5.41, 5.74) is 0. The van der Waals surface area contributed by atoms with Crippen molar-refractivity contribution in [2.24, 2.45) is 5.92 Å². The van der Waals surface area contributed by atoms with Crippen molar-refractivity contribution in [2.75, 3.05) is 19.8 Å². The van der Waals surface area contributed by atoms with E-state index in [1.54, 1.807) is 19.9 Å². The van der Waals surface area contributed by atoms with Crippen LogP contribution in [0, 0.1) is 5.92 Å². The van der Waals surface area contributed by atoms with E-state index in [-0.39, 0.29) is 19.1 Å². The van der Waals surface area contributed by atoms with Crippen molar-refractivity contribution in [3.8, 4) is 0 Å². The van der Waals surface area contributed by atoms with Crippen LogP contribution in [-0.4, -0.2) is 49.3 Å². The van der Waals surface area contributed by atoms with E-state index >= 15 is 0 Å². The Labute approximate surface area is 102 Å². The molecule has 0 aliphatic rings. The van der Waals surface area contributed by atoms with Crippen molar-refractivity contribution in [3.63, 3.8) is 0 Å². The molecule has 0 spiro atoms. The van der Waals surface area contributed by atoms with Crippen LogP contribution >= 0.6 is 0 Å². The fraction of sp³-hybridized carbons (Fsp3) is 0.800. The molecule has 0 bridgehead atoms. The number of ether oxygens (including phenoxy) is 1. The second kappa shape index (κ2) is 7.78. The van der Waals surface area contributed by atoms with E-state index in [4.69, 9.17) is 9.29 Å². The lowest BCUT2D eigenvalue weighted by Gasteiger charge is -2.21. The zero-order valence-electron chi connectivity index (χ0n) is 10.2. The van der Waals surface area contributed by atoms with E-state index in [1.807, 2.05) is 0 Å². The first-order chi connectivity index (χ1) is 7.79. The number of nitrogens with one attached hydrogen (secondary N) is 1. The lowest BCUT2D eigenvalue weighted by Crippen LogP contribution is -2.44. The van der Waals surface area contributed by atoms with Gasteiger partial charge in [-0.25, -0.2) is 0 Å². The Kier molecular flexibility index (Phi) is 7.56. The molecule has 0 aromatic rings. The van der Waals surface area contributed by atoms with E-state index in [9.17, 15) is 13.5 Å². The van der Waals surface area contributed by atoms with E-state index in [0.717, 1.165) is 0 Å². The molecular formula is C10H21NO5S. The minimum atomic E-state index is -4.16. The van der Waals surface area contributed by atoms with Gasteiger partial charge in [-0.15, -0.1) is 6.58 Å². The standard InChI is InChI=1S/C10H21NO5S/c1-4-5-16-7-9(12)6-11-10(8(2)3)17(13,14)15/h4,8-12H,1,5-7H2,2-3H3,(H,13,14,15). The van der Waals surface area contributed by atoms with Gasteiger partial charge >= 0.3 is 0 Å². The third kappa shape index (κ3) is 7.45. The predicted molar refractivity (Wildman–Crippen MR) is 65.2 cm³/mol. The first-order valence-electron chi connectivity index (χ1n) is 5.35. The quantitative estimate of drug-likeness (QED) is 0.309. The van der Waals surface area contributed by atoms with Crippen LogP contribution in [0.25, 0.3) is 0 Å². The summed E-state index contributed by atoms with van der Waals surface area (Å²) in [7, 11) is -4.16. The first kappa shape index (κ1) is 16.5. The molecule has 0 radical (unpaired) electrons. The molecule has 3 N–H and O–H groups in total. The van der Waals surface area contributed by atoms with Gasteiger partial charge in [0.2, 0.25) is 0 Å². The highest BCUT2D eigenvalue weighted by Crippen LogP contribution is 2.07. The molecule has 0 aliphatic carbocycles. The molecule has 0 saturated heterocycles. The molecule has 0 heterocycles. The van der Waals surface area contributed by atoms with Crippen molar-refractivity contribution in [2.45, 2.75) is 25.3 Å². The van der Waals surface area contributed by atoms with Gasteiger partial charge < -0.3 is 9.84 Å². The smallest absolute Gasteiger partial charge is 0.281 e. The highest BCUT2D eigenvalue weighted by molar-refractivity contribution is 7.86. The molecule has 0 rings (SSSR count). The summed E-state index contributed by atoms with van der Waals surface area (Å²) >= 11 is 0. The third-order valence-electron chi connectivity index (χ3n) is 2.03. The van der Waals surface area contributed by atoms with Crippen LogP contribution in [0.1, 0.15) is 13.8 Å². The molecule has 0 fully saturated rings. The monoisotopic (exact) mass is 267 g/mol. The van der Waals surface area contributed by atoms with Crippen LogP contribution in [0.3, 0.4) is 0 Å². The maximum atomic E-state index is 11.0. The maximum absolute atomic E-state index is 11.0. The minimum Gasteiger partial charge on any atom is -0.389 e. The Balaban J connectivity index is 4.10. The van der Waals surface area contributed by atoms with Crippen LogP contribution < -0.4 is 5.32 Å². The second-order valence-electron chi connectivity index (χ2n) is 4.07. The normalized spacial score (nSPS) is 15.8. The second-order valence-corrected chi connectivity index (χ2v) is 5.61. The van der Waals surface area contributed by atoms with Gasteiger partial charge in [-0.1, -0.05) is 19.9 Å². The van der Waals surface area contributed by atoms with Gasteiger partial charge in [0.15, 0.2) is 0 Å². The van der Waals surface area contributed by atoms with Crippen molar-refractivity contribution < 1.29 is 22.8 Å². The SMILES string of the molecule is C=CCOCC(O)CNC(C(C)C)S(=O)(=O)O. The van der Waals surface area contributed by atoms with Crippen LogP contribution in [0.5, 0.6) is 0 Å². The summed E-state index contributed by atoms with van der Waals surface area (Å²) < 4.78 is 36.0. The van der Waals surface area contributed by atoms with Gasteiger partial charge in [0.05, 0.1) is 19.3 Å². The largest absolute Gasteiger partial charge is 0.389 e. The Hall–Kier alpha value is -0.470. The summed E-state index contributed by atoms with van der Waals surface area (Å²) in [6.07, 6.45) is 0.716. The van der Waals surface area contributed by atoms with Gasteiger partial charge in [-0.3, -0.25) is 9.87 Å². The van der Waals surface area contributed by atoms with Crippen LogP contribution in [0.15, 0.2) is 12.7 Å². The van der Waals surface area contributed by atoms with Gasteiger partial charge in [0.25, 0.3) is 10.1 Å². The molecule has 0 saturated carbocycles. The van der Waals surface area contributed by atoms with Crippen molar-refractivity contribution in [1.29, 1.82) is 0 Å². The Morgan fingerprint density at radius 1 is 1.47 bits per heavy atom. The van der Waals surface area contributed by atoms with E-state index in [2.05, 4.69) is 11.9 Å². The number of hydrogen-bond donors (Lipinski definition) is 3. The van der Waals surface area contributed by atoms with Crippen molar-refractivity contribution in [3.05, 3.63) is 12.7 Å². The van der Waals surface area contributed by atoms with E-state index < -0.39 is 21.6 Å². The topological polar surface area (TPSA) is 95.9 Å². The van der Waals surface area contributed by atoms with Gasteiger partial charge in [-0.2, -0.15) is 8.42 Å².